The third kappa shape index (κ3) is 4.77. The smallest absolute Gasteiger partial charge is 0.223 e. The predicted octanol–water partition coefficient (Wildman–Crippen LogP) is 4.58. The van der Waals surface area contributed by atoms with Gasteiger partial charge >= 0.3 is 0 Å². The van der Waals surface area contributed by atoms with Crippen LogP contribution in [0.1, 0.15) is 45.1 Å². The second kappa shape index (κ2) is 8.54. The zero-order chi connectivity index (χ0) is 20.5. The summed E-state index contributed by atoms with van der Waals surface area (Å²) in [6.45, 7) is 4.43. The number of amides is 1. The van der Waals surface area contributed by atoms with E-state index >= 15 is 0 Å². The number of carbonyl (C=O) groups excluding carboxylic acids is 1. The molecule has 4 nitrogen and oxygen atoms in total. The number of sulfone groups is 1. The van der Waals surface area contributed by atoms with E-state index in [1.807, 2.05) is 0 Å². The highest BCUT2D eigenvalue weighted by molar-refractivity contribution is 7.94. The zero-order valence-electron chi connectivity index (χ0n) is 16.3. The molecule has 0 spiro atoms. The van der Waals surface area contributed by atoms with Crippen molar-refractivity contribution in [3.8, 4) is 0 Å². The Morgan fingerprint density at radius 1 is 1.29 bits per heavy atom. The average Bonchev–Trinajstić information content (AvgIpc) is 2.96. The maximum Gasteiger partial charge on any atom is 0.223 e. The van der Waals surface area contributed by atoms with Crippen molar-refractivity contribution in [2.75, 3.05) is 5.75 Å². The maximum absolute atomic E-state index is 14.4. The van der Waals surface area contributed by atoms with Crippen LogP contribution in [0, 0.1) is 23.6 Å². The normalized spacial score (nSPS) is 29.0. The number of hydrogen-bond acceptors (Lipinski definition) is 3. The lowest BCUT2D eigenvalue weighted by atomic mass is 9.77. The van der Waals surface area contributed by atoms with Gasteiger partial charge in [0.1, 0.15) is 5.82 Å². The minimum absolute atomic E-state index is 0.00564. The minimum atomic E-state index is -3.22. The Morgan fingerprint density at radius 3 is 2.68 bits per heavy atom. The van der Waals surface area contributed by atoms with Crippen LogP contribution in [0.3, 0.4) is 0 Å². The highest BCUT2D eigenvalue weighted by Crippen LogP contribution is 2.35. The molecule has 1 aromatic rings. The number of halogens is 2. The maximum atomic E-state index is 14.4. The summed E-state index contributed by atoms with van der Waals surface area (Å²) < 4.78 is 37.8. The van der Waals surface area contributed by atoms with Gasteiger partial charge in [0.05, 0.1) is 12.3 Å². The summed E-state index contributed by atoms with van der Waals surface area (Å²) in [5.41, 5.74) is 0.317. The highest BCUT2D eigenvalue weighted by Gasteiger charge is 2.36. The van der Waals surface area contributed by atoms with E-state index < -0.39 is 15.7 Å². The van der Waals surface area contributed by atoms with E-state index in [-0.39, 0.29) is 42.5 Å². The Kier molecular flexibility index (Phi) is 6.50. The van der Waals surface area contributed by atoms with Crippen LogP contribution in [0.25, 0.3) is 0 Å². The zero-order valence-corrected chi connectivity index (χ0v) is 17.8. The first-order chi connectivity index (χ1) is 13.2. The first-order valence-corrected chi connectivity index (χ1v) is 11.9. The molecule has 0 radical (unpaired) electrons. The second-order valence-corrected chi connectivity index (χ2v) is 10.5. The van der Waals surface area contributed by atoms with E-state index in [1.165, 1.54) is 11.5 Å². The molecular weight excluding hydrogens is 401 g/mol. The van der Waals surface area contributed by atoms with Gasteiger partial charge in [-0.15, -0.1) is 0 Å². The van der Waals surface area contributed by atoms with Crippen LogP contribution >= 0.6 is 11.6 Å². The van der Waals surface area contributed by atoms with Crippen LogP contribution in [0.5, 0.6) is 0 Å². The number of allylic oxidation sites excluding steroid dienone is 1. The fraction of sp³-hybridized carbons (Fsp3) is 0.571. The van der Waals surface area contributed by atoms with E-state index in [9.17, 15) is 17.6 Å². The van der Waals surface area contributed by atoms with Crippen molar-refractivity contribution in [3.63, 3.8) is 0 Å². The Hall–Kier alpha value is -1.40. The van der Waals surface area contributed by atoms with Gasteiger partial charge in [0, 0.05) is 34.4 Å². The molecule has 0 N–H and O–H groups in total. The van der Waals surface area contributed by atoms with Crippen molar-refractivity contribution in [2.24, 2.45) is 17.8 Å². The van der Waals surface area contributed by atoms with Crippen molar-refractivity contribution in [1.29, 1.82) is 0 Å². The quantitative estimate of drug-likeness (QED) is 0.691. The Balaban J connectivity index is 1.86. The summed E-state index contributed by atoms with van der Waals surface area (Å²) in [5.74, 6) is -0.179. The summed E-state index contributed by atoms with van der Waals surface area (Å²) >= 11 is 6.22. The molecule has 4 unspecified atom stereocenters. The average molecular weight is 428 g/mol. The molecule has 1 aromatic carbocycles. The lowest BCUT2D eigenvalue weighted by molar-refractivity contribution is -0.137. The third-order valence-electron chi connectivity index (χ3n) is 6.22. The van der Waals surface area contributed by atoms with Crippen molar-refractivity contribution in [1.82, 2.24) is 4.90 Å². The van der Waals surface area contributed by atoms with Crippen molar-refractivity contribution >= 4 is 27.3 Å². The van der Waals surface area contributed by atoms with Gasteiger partial charge in [0.2, 0.25) is 5.91 Å². The van der Waals surface area contributed by atoms with E-state index in [0.29, 0.717) is 16.5 Å². The van der Waals surface area contributed by atoms with Gasteiger partial charge in [-0.3, -0.25) is 4.79 Å². The van der Waals surface area contributed by atoms with Gasteiger partial charge in [-0.25, -0.2) is 12.8 Å². The van der Waals surface area contributed by atoms with E-state index in [2.05, 4.69) is 13.8 Å². The number of rotatable bonds is 5. The molecule has 154 valence electrons. The molecule has 1 aliphatic carbocycles. The molecule has 28 heavy (non-hydrogen) atoms. The monoisotopic (exact) mass is 427 g/mol. The molecule has 1 amide bonds. The summed E-state index contributed by atoms with van der Waals surface area (Å²) in [6, 6.07) is 4.52. The molecule has 0 bridgehead atoms. The SMILES string of the molecule is CC1CCCC(N(Cc2c(F)cccc2Cl)C(=O)CC2C=CS(=O)(=O)C2)C1C. The highest BCUT2D eigenvalue weighted by atomic mass is 35.5. The van der Waals surface area contributed by atoms with Gasteiger partial charge in [0.15, 0.2) is 9.84 Å². The van der Waals surface area contributed by atoms with Crippen molar-refractivity contribution in [2.45, 2.75) is 52.1 Å². The van der Waals surface area contributed by atoms with Gasteiger partial charge in [-0.1, -0.05) is 50.4 Å². The number of hydrogen-bond donors (Lipinski definition) is 0. The molecular formula is C21H27ClFNO3S. The number of benzene rings is 1. The first kappa shape index (κ1) is 21.3. The number of nitrogens with zero attached hydrogens (tertiary/aromatic N) is 1. The van der Waals surface area contributed by atoms with E-state index in [0.717, 1.165) is 19.3 Å². The topological polar surface area (TPSA) is 54.5 Å². The molecule has 0 saturated heterocycles. The summed E-state index contributed by atoms with van der Waals surface area (Å²) in [5, 5.41) is 1.49. The Morgan fingerprint density at radius 2 is 2.04 bits per heavy atom. The summed E-state index contributed by atoms with van der Waals surface area (Å²) in [4.78, 5) is 15.0. The Labute approximate surface area is 171 Å². The van der Waals surface area contributed by atoms with E-state index in [1.54, 1.807) is 23.1 Å². The molecule has 3 rings (SSSR count). The minimum Gasteiger partial charge on any atom is -0.335 e. The molecule has 1 heterocycles. The van der Waals surface area contributed by atoms with E-state index in [4.69, 9.17) is 11.6 Å². The lowest BCUT2D eigenvalue weighted by Gasteiger charge is -2.42. The fourth-order valence-electron chi connectivity index (χ4n) is 4.35. The van der Waals surface area contributed by atoms with Gasteiger partial charge in [-0.2, -0.15) is 0 Å². The molecule has 7 heteroatoms. The van der Waals surface area contributed by atoms with Crippen LogP contribution in [-0.4, -0.2) is 31.0 Å². The molecule has 4 atom stereocenters. The molecule has 1 saturated carbocycles. The van der Waals surface area contributed by atoms with Gasteiger partial charge in [0.25, 0.3) is 0 Å². The fourth-order valence-corrected chi connectivity index (χ4v) is 5.97. The molecule has 1 fully saturated rings. The lowest BCUT2D eigenvalue weighted by Crippen LogP contribution is -2.47. The third-order valence-corrected chi connectivity index (χ3v) is 8.03. The summed E-state index contributed by atoms with van der Waals surface area (Å²) in [6.07, 6.45) is 4.70. The van der Waals surface area contributed by atoms with Crippen LogP contribution in [0.2, 0.25) is 5.02 Å². The van der Waals surface area contributed by atoms with Crippen molar-refractivity contribution in [3.05, 3.63) is 46.1 Å². The van der Waals surface area contributed by atoms with Crippen LogP contribution < -0.4 is 0 Å². The first-order valence-electron chi connectivity index (χ1n) is 9.81. The van der Waals surface area contributed by atoms with Crippen molar-refractivity contribution < 1.29 is 17.6 Å². The van der Waals surface area contributed by atoms with Crippen LogP contribution in [0.4, 0.5) is 4.39 Å². The predicted molar refractivity (Wildman–Crippen MR) is 109 cm³/mol. The van der Waals surface area contributed by atoms with Crippen LogP contribution in [-0.2, 0) is 21.2 Å². The summed E-state index contributed by atoms with van der Waals surface area (Å²) in [7, 11) is -3.22. The van der Waals surface area contributed by atoms with Crippen LogP contribution in [0.15, 0.2) is 29.7 Å². The van der Waals surface area contributed by atoms with Gasteiger partial charge in [-0.05, 0) is 30.4 Å². The molecule has 2 aliphatic rings. The van der Waals surface area contributed by atoms with Gasteiger partial charge < -0.3 is 4.90 Å². The second-order valence-electron chi connectivity index (χ2n) is 8.18. The largest absolute Gasteiger partial charge is 0.335 e. The Bertz CT molecular complexity index is 850. The molecule has 1 aliphatic heterocycles. The number of carbonyl (C=O) groups is 1. The standard InChI is InChI=1S/C21H27ClFNO3S/c1-14-5-3-8-20(15(14)2)24(12-17-18(22)6-4-7-19(17)23)21(25)11-16-9-10-28(26,27)13-16/h4,6-7,9-10,14-16,20H,3,5,8,11-13H2,1-2H3. The molecule has 0 aromatic heterocycles.